The SMILES string of the molecule is [NH2-].[Ru+].c1ccc(-c2ccccn2)nc1. The second kappa shape index (κ2) is 6.35. The zero-order valence-corrected chi connectivity index (χ0v) is 9.18. The summed E-state index contributed by atoms with van der Waals surface area (Å²) in [5.41, 5.74) is 1.83. The summed E-state index contributed by atoms with van der Waals surface area (Å²) >= 11 is 0. The van der Waals surface area contributed by atoms with Crippen LogP contribution >= 0.6 is 0 Å². The summed E-state index contributed by atoms with van der Waals surface area (Å²) in [6, 6.07) is 11.6. The summed E-state index contributed by atoms with van der Waals surface area (Å²) in [6.45, 7) is 0. The van der Waals surface area contributed by atoms with Crippen molar-refractivity contribution >= 4 is 0 Å². The Hall–Kier alpha value is -1.12. The maximum Gasteiger partial charge on any atom is 1.00 e. The van der Waals surface area contributed by atoms with Crippen LogP contribution in [-0.4, -0.2) is 9.97 Å². The van der Waals surface area contributed by atoms with E-state index in [1.54, 1.807) is 12.4 Å². The first-order valence-electron chi connectivity index (χ1n) is 3.79. The molecule has 3 nitrogen and oxygen atoms in total. The third-order valence-electron chi connectivity index (χ3n) is 1.59. The summed E-state index contributed by atoms with van der Waals surface area (Å²) in [5, 5.41) is 0. The molecule has 2 N–H and O–H groups in total. The van der Waals surface area contributed by atoms with Gasteiger partial charge in [0.1, 0.15) is 0 Å². The average molecular weight is 273 g/mol. The Labute approximate surface area is 95.9 Å². The van der Waals surface area contributed by atoms with Gasteiger partial charge < -0.3 is 6.15 Å². The van der Waals surface area contributed by atoms with Crippen LogP contribution in [0.25, 0.3) is 17.5 Å². The van der Waals surface area contributed by atoms with Gasteiger partial charge in [0.05, 0.1) is 11.4 Å². The second-order valence-electron chi connectivity index (χ2n) is 2.43. The molecule has 0 unspecified atom stereocenters. The summed E-state index contributed by atoms with van der Waals surface area (Å²) < 4.78 is 0. The Balaban J connectivity index is 0.000000845. The molecule has 0 aromatic carbocycles. The first kappa shape index (κ1) is 12.9. The fourth-order valence-electron chi connectivity index (χ4n) is 1.03. The Bertz CT molecular complexity index is 313. The van der Waals surface area contributed by atoms with E-state index in [9.17, 15) is 0 Å². The Morgan fingerprint density at radius 1 is 0.714 bits per heavy atom. The second-order valence-corrected chi connectivity index (χ2v) is 2.43. The third kappa shape index (κ3) is 2.98. The molecule has 2 aromatic rings. The molecule has 14 heavy (non-hydrogen) atoms. The summed E-state index contributed by atoms with van der Waals surface area (Å²) in [4.78, 5) is 8.37. The molecule has 2 rings (SSSR count). The first-order valence-corrected chi connectivity index (χ1v) is 3.79. The van der Waals surface area contributed by atoms with Gasteiger partial charge in [0.2, 0.25) is 0 Å². The molecule has 0 aliphatic heterocycles. The van der Waals surface area contributed by atoms with Crippen LogP contribution in [-0.2, 0) is 19.5 Å². The van der Waals surface area contributed by atoms with E-state index in [4.69, 9.17) is 0 Å². The Morgan fingerprint density at radius 3 is 1.43 bits per heavy atom. The molecule has 0 spiro atoms. The Kier molecular flexibility index (Phi) is 5.85. The molecule has 0 saturated carbocycles. The van der Waals surface area contributed by atoms with Gasteiger partial charge >= 0.3 is 19.5 Å². The fraction of sp³-hybridized carbons (Fsp3) is 0. The quantitative estimate of drug-likeness (QED) is 0.750. The number of nitrogens with two attached hydrogens (primary N) is 1. The zero-order valence-electron chi connectivity index (χ0n) is 7.44. The van der Waals surface area contributed by atoms with E-state index in [0.29, 0.717) is 0 Å². The number of hydrogen-bond donors (Lipinski definition) is 0. The number of nitrogens with zero attached hydrogens (tertiary/aromatic N) is 2. The van der Waals surface area contributed by atoms with Crippen LogP contribution in [0.5, 0.6) is 0 Å². The van der Waals surface area contributed by atoms with E-state index < -0.39 is 0 Å². The van der Waals surface area contributed by atoms with Gasteiger partial charge in [-0.15, -0.1) is 0 Å². The molecule has 0 bridgehead atoms. The predicted octanol–water partition coefficient (Wildman–Crippen LogP) is 2.86. The molecule has 2 heterocycles. The largest absolute Gasteiger partial charge is 1.00 e. The maximum absolute atomic E-state index is 4.19. The van der Waals surface area contributed by atoms with Crippen LogP contribution in [0.15, 0.2) is 48.8 Å². The van der Waals surface area contributed by atoms with Crippen LogP contribution in [0, 0.1) is 0 Å². The van der Waals surface area contributed by atoms with Crippen LogP contribution in [0.4, 0.5) is 0 Å². The van der Waals surface area contributed by atoms with Crippen molar-refractivity contribution in [3.8, 4) is 11.4 Å². The van der Waals surface area contributed by atoms with E-state index in [1.807, 2.05) is 36.4 Å². The first-order chi connectivity index (χ1) is 5.97. The molecule has 0 saturated heterocycles. The van der Waals surface area contributed by atoms with E-state index >= 15 is 0 Å². The topological polar surface area (TPSA) is 59.3 Å². The third-order valence-corrected chi connectivity index (χ3v) is 1.59. The molecule has 0 fully saturated rings. The number of pyridine rings is 2. The minimum Gasteiger partial charge on any atom is -0.693 e. The molecule has 4 heteroatoms. The van der Waals surface area contributed by atoms with E-state index in [2.05, 4.69) is 9.97 Å². The standard InChI is InChI=1S/C10H8N2.H2N.Ru/c1-3-7-11-9(5-1)10-6-2-4-8-12-10;;/h1-8H;1H2;/q;-1;+1. The van der Waals surface area contributed by atoms with E-state index in [1.165, 1.54) is 0 Å². The molecular weight excluding hydrogens is 263 g/mol. The summed E-state index contributed by atoms with van der Waals surface area (Å²) in [6.07, 6.45) is 3.54. The van der Waals surface area contributed by atoms with Crippen molar-refractivity contribution in [3.63, 3.8) is 0 Å². The zero-order chi connectivity index (χ0) is 8.23. The van der Waals surface area contributed by atoms with Crippen LogP contribution in [0.1, 0.15) is 0 Å². The van der Waals surface area contributed by atoms with Gasteiger partial charge in [-0.05, 0) is 24.3 Å². The molecule has 2 aromatic heterocycles. The summed E-state index contributed by atoms with van der Waals surface area (Å²) in [7, 11) is 0. The van der Waals surface area contributed by atoms with Gasteiger partial charge in [-0.25, -0.2) is 0 Å². The fourth-order valence-corrected chi connectivity index (χ4v) is 1.03. The molecule has 0 aliphatic rings. The molecule has 73 valence electrons. The maximum atomic E-state index is 4.19. The van der Waals surface area contributed by atoms with E-state index in [-0.39, 0.29) is 25.6 Å². The monoisotopic (exact) mass is 274 g/mol. The van der Waals surface area contributed by atoms with Crippen molar-refractivity contribution in [1.29, 1.82) is 0 Å². The normalized spacial score (nSPS) is 8.29. The predicted molar refractivity (Wildman–Crippen MR) is 52.8 cm³/mol. The minimum absolute atomic E-state index is 0. The van der Waals surface area contributed by atoms with Gasteiger partial charge in [0, 0.05) is 12.4 Å². The number of hydrogen-bond acceptors (Lipinski definition) is 2. The molecular formula is C10H10N3Ru. The van der Waals surface area contributed by atoms with Crippen molar-refractivity contribution in [3.05, 3.63) is 54.9 Å². The smallest absolute Gasteiger partial charge is 0.693 e. The molecule has 0 amide bonds. The van der Waals surface area contributed by atoms with E-state index in [0.717, 1.165) is 11.4 Å². The number of aromatic nitrogens is 2. The molecule has 1 radical (unpaired) electrons. The Morgan fingerprint density at radius 2 is 1.14 bits per heavy atom. The van der Waals surface area contributed by atoms with Gasteiger partial charge in [-0.1, -0.05) is 12.1 Å². The van der Waals surface area contributed by atoms with Gasteiger partial charge in [0.25, 0.3) is 0 Å². The van der Waals surface area contributed by atoms with Gasteiger partial charge in [-0.2, -0.15) is 0 Å². The summed E-state index contributed by atoms with van der Waals surface area (Å²) in [5.74, 6) is 0. The average Bonchev–Trinajstić information content (AvgIpc) is 2.21. The van der Waals surface area contributed by atoms with Crippen molar-refractivity contribution < 1.29 is 19.5 Å². The van der Waals surface area contributed by atoms with Crippen molar-refractivity contribution in [2.24, 2.45) is 0 Å². The number of rotatable bonds is 1. The molecule has 0 atom stereocenters. The van der Waals surface area contributed by atoms with Crippen molar-refractivity contribution in [2.75, 3.05) is 0 Å². The van der Waals surface area contributed by atoms with Crippen LogP contribution in [0.2, 0.25) is 0 Å². The van der Waals surface area contributed by atoms with Crippen LogP contribution in [0.3, 0.4) is 0 Å². The van der Waals surface area contributed by atoms with Gasteiger partial charge in [-0.3, -0.25) is 9.97 Å². The van der Waals surface area contributed by atoms with Crippen molar-refractivity contribution in [2.45, 2.75) is 0 Å². The van der Waals surface area contributed by atoms with Crippen molar-refractivity contribution in [1.82, 2.24) is 9.97 Å². The molecule has 0 aliphatic carbocycles. The van der Waals surface area contributed by atoms with Crippen LogP contribution < -0.4 is 0 Å². The minimum atomic E-state index is 0. The van der Waals surface area contributed by atoms with Gasteiger partial charge in [0.15, 0.2) is 0 Å².